The number of hydrogen-bond donors (Lipinski definition) is 0. The number of rotatable bonds is 8. The molecule has 202 valence electrons. The Morgan fingerprint density at radius 2 is 2.03 bits per heavy atom. The van der Waals surface area contributed by atoms with Gasteiger partial charge < -0.3 is 28.3 Å². The van der Waals surface area contributed by atoms with E-state index in [4.69, 9.17) is 23.4 Å². The normalized spacial score (nSPS) is 15.5. The van der Waals surface area contributed by atoms with Gasteiger partial charge in [-0.25, -0.2) is 14.3 Å². The summed E-state index contributed by atoms with van der Waals surface area (Å²) in [4.78, 5) is 19.8. The van der Waals surface area contributed by atoms with Crippen LogP contribution in [-0.4, -0.2) is 59.5 Å². The van der Waals surface area contributed by atoms with Gasteiger partial charge in [-0.3, -0.25) is 0 Å². The number of fused-ring (bicyclic) bond motifs is 2. The number of imidazole rings is 1. The van der Waals surface area contributed by atoms with E-state index in [1.165, 1.54) is 11.3 Å². The van der Waals surface area contributed by atoms with Crippen LogP contribution in [0, 0.1) is 5.92 Å². The molecule has 5 aromatic rings. The number of methoxy groups -OCH3 is 2. The fraction of sp³-hybridized carbons (Fsp3) is 0.321. The molecule has 1 fully saturated rings. The minimum absolute atomic E-state index is 0.177. The van der Waals surface area contributed by atoms with Crippen molar-refractivity contribution in [3.63, 3.8) is 0 Å². The molecule has 2 aromatic carbocycles. The van der Waals surface area contributed by atoms with Gasteiger partial charge in [-0.2, -0.15) is 0 Å². The minimum atomic E-state index is -0.293. The number of furan rings is 1. The monoisotopic (exact) mass is 548 g/mol. The Morgan fingerprint density at radius 3 is 2.82 bits per heavy atom. The van der Waals surface area contributed by atoms with E-state index in [0.717, 1.165) is 23.8 Å². The van der Waals surface area contributed by atoms with Gasteiger partial charge in [0.05, 0.1) is 32.4 Å². The summed E-state index contributed by atoms with van der Waals surface area (Å²) >= 11 is 1.35. The molecule has 0 N–H and O–H groups in total. The molecular weight excluding hydrogens is 520 g/mol. The summed E-state index contributed by atoms with van der Waals surface area (Å²) in [6.07, 6.45) is 3.37. The second-order valence-electron chi connectivity index (χ2n) is 9.38. The van der Waals surface area contributed by atoms with Crippen molar-refractivity contribution in [2.24, 2.45) is 5.92 Å². The standard InChI is InChI=1S/C28H28N4O6S/c1-34-20-11-23(21-13-25(38-24(21)12-20)22-15-32-26(29-22)39-27(30-32)35-2)36-17-19-9-6-10-31(14-19)28(33)37-16-18-7-4-3-5-8-18/h3-5,7-8,11-13,15,19H,6,9-10,14,16-17H2,1-2H3/t19-/m0/s1. The van der Waals surface area contributed by atoms with Crippen molar-refractivity contribution in [1.82, 2.24) is 19.5 Å². The summed E-state index contributed by atoms with van der Waals surface area (Å²) in [6, 6.07) is 15.3. The van der Waals surface area contributed by atoms with Crippen LogP contribution >= 0.6 is 11.3 Å². The number of benzene rings is 2. The Morgan fingerprint density at radius 1 is 1.15 bits per heavy atom. The van der Waals surface area contributed by atoms with Gasteiger partial charge in [0.1, 0.15) is 29.4 Å². The molecule has 4 heterocycles. The van der Waals surface area contributed by atoms with Gasteiger partial charge in [-0.05, 0) is 35.8 Å². The predicted octanol–water partition coefficient (Wildman–Crippen LogP) is 5.65. The first kappa shape index (κ1) is 25.1. The number of nitrogens with zero attached hydrogens (tertiary/aromatic N) is 4. The summed E-state index contributed by atoms with van der Waals surface area (Å²) in [6.45, 7) is 1.98. The first-order chi connectivity index (χ1) is 19.1. The molecule has 3 aromatic heterocycles. The molecule has 1 saturated heterocycles. The van der Waals surface area contributed by atoms with E-state index >= 15 is 0 Å². The molecule has 0 unspecified atom stereocenters. The summed E-state index contributed by atoms with van der Waals surface area (Å²) in [5, 5.41) is 5.69. The number of likely N-dealkylation sites (tertiary alicyclic amines) is 1. The molecular formula is C28H28N4O6S. The van der Waals surface area contributed by atoms with E-state index in [1.807, 2.05) is 48.5 Å². The van der Waals surface area contributed by atoms with Crippen molar-refractivity contribution in [2.45, 2.75) is 19.4 Å². The lowest BCUT2D eigenvalue weighted by Gasteiger charge is -2.32. The molecule has 1 atom stereocenters. The zero-order valence-electron chi connectivity index (χ0n) is 21.7. The topological polar surface area (TPSA) is 101 Å². The number of ether oxygens (including phenoxy) is 4. The molecule has 0 bridgehead atoms. The highest BCUT2D eigenvalue weighted by molar-refractivity contribution is 7.18. The van der Waals surface area contributed by atoms with E-state index in [2.05, 4.69) is 10.1 Å². The van der Waals surface area contributed by atoms with Gasteiger partial charge in [0, 0.05) is 31.1 Å². The molecule has 0 radical (unpaired) electrons. The highest BCUT2D eigenvalue weighted by Crippen LogP contribution is 2.37. The third-order valence-electron chi connectivity index (χ3n) is 6.72. The quantitative estimate of drug-likeness (QED) is 0.245. The van der Waals surface area contributed by atoms with Gasteiger partial charge >= 0.3 is 6.09 Å². The number of carbonyl (C=O) groups excluding carboxylic acids is 1. The lowest BCUT2D eigenvalue weighted by molar-refractivity contribution is 0.0711. The highest BCUT2D eigenvalue weighted by atomic mass is 32.1. The van der Waals surface area contributed by atoms with Crippen LogP contribution in [0.15, 0.2) is 59.1 Å². The van der Waals surface area contributed by atoms with E-state index in [9.17, 15) is 4.79 Å². The van der Waals surface area contributed by atoms with E-state index in [1.54, 1.807) is 29.8 Å². The first-order valence-corrected chi connectivity index (χ1v) is 13.5. The van der Waals surface area contributed by atoms with Gasteiger partial charge in [0.15, 0.2) is 5.76 Å². The Hall–Kier alpha value is -4.25. The number of carbonyl (C=O) groups is 1. The maximum absolute atomic E-state index is 12.7. The van der Waals surface area contributed by atoms with Crippen molar-refractivity contribution in [2.75, 3.05) is 33.9 Å². The third-order valence-corrected chi connectivity index (χ3v) is 7.60. The zero-order chi connectivity index (χ0) is 26.8. The average molecular weight is 549 g/mol. The van der Waals surface area contributed by atoms with Crippen LogP contribution in [0.1, 0.15) is 18.4 Å². The smallest absolute Gasteiger partial charge is 0.410 e. The fourth-order valence-electron chi connectivity index (χ4n) is 4.71. The number of aromatic nitrogens is 3. The molecule has 11 heteroatoms. The van der Waals surface area contributed by atoms with Crippen molar-refractivity contribution in [3.8, 4) is 28.1 Å². The molecule has 1 aliphatic rings. The Bertz CT molecular complexity index is 1560. The van der Waals surface area contributed by atoms with E-state index in [0.29, 0.717) is 58.4 Å². The predicted molar refractivity (Wildman–Crippen MR) is 146 cm³/mol. The van der Waals surface area contributed by atoms with Crippen LogP contribution < -0.4 is 14.2 Å². The molecule has 0 spiro atoms. The molecule has 1 aliphatic heterocycles. The SMILES string of the molecule is COc1cc(OC[C@H]2CCCN(C(=O)OCc3ccccc3)C2)c2cc(-c3cn4nc(OC)sc4n3)oc2c1. The molecule has 6 rings (SSSR count). The number of amides is 1. The summed E-state index contributed by atoms with van der Waals surface area (Å²) in [7, 11) is 3.19. The van der Waals surface area contributed by atoms with Crippen LogP contribution in [0.2, 0.25) is 0 Å². The van der Waals surface area contributed by atoms with Crippen molar-refractivity contribution < 1.29 is 28.2 Å². The van der Waals surface area contributed by atoms with E-state index < -0.39 is 0 Å². The molecule has 0 saturated carbocycles. The Balaban J connectivity index is 1.15. The maximum atomic E-state index is 12.7. The van der Waals surface area contributed by atoms with Crippen molar-refractivity contribution >= 4 is 33.4 Å². The van der Waals surface area contributed by atoms with Crippen molar-refractivity contribution in [1.29, 1.82) is 0 Å². The summed E-state index contributed by atoms with van der Waals surface area (Å²) in [5.74, 6) is 2.07. The summed E-state index contributed by atoms with van der Waals surface area (Å²) in [5.41, 5.74) is 2.26. The van der Waals surface area contributed by atoms with Crippen LogP contribution in [0.3, 0.4) is 0 Å². The van der Waals surface area contributed by atoms with E-state index in [-0.39, 0.29) is 18.6 Å². The maximum Gasteiger partial charge on any atom is 0.410 e. The number of hydrogen-bond acceptors (Lipinski definition) is 9. The second kappa shape index (κ2) is 10.9. The highest BCUT2D eigenvalue weighted by Gasteiger charge is 2.26. The van der Waals surface area contributed by atoms with Gasteiger partial charge in [-0.15, -0.1) is 5.10 Å². The molecule has 0 aliphatic carbocycles. The summed E-state index contributed by atoms with van der Waals surface area (Å²) < 4.78 is 30.3. The number of piperidine rings is 1. The minimum Gasteiger partial charge on any atom is -0.496 e. The fourth-order valence-corrected chi connectivity index (χ4v) is 5.41. The lowest BCUT2D eigenvalue weighted by atomic mass is 9.99. The van der Waals surface area contributed by atoms with Crippen LogP contribution in [0.4, 0.5) is 4.79 Å². The molecule has 39 heavy (non-hydrogen) atoms. The van der Waals surface area contributed by atoms with Gasteiger partial charge in [0.25, 0.3) is 5.19 Å². The van der Waals surface area contributed by atoms with Crippen molar-refractivity contribution in [3.05, 3.63) is 60.3 Å². The molecule has 1 amide bonds. The third kappa shape index (κ3) is 5.35. The Kier molecular flexibility index (Phi) is 6.97. The van der Waals surface area contributed by atoms with Gasteiger partial charge in [0.2, 0.25) is 4.96 Å². The van der Waals surface area contributed by atoms with Crippen LogP contribution in [0.25, 0.3) is 27.4 Å². The second-order valence-corrected chi connectivity index (χ2v) is 10.3. The average Bonchev–Trinajstić information content (AvgIpc) is 3.68. The Labute approximate surface area is 228 Å². The zero-order valence-corrected chi connectivity index (χ0v) is 22.5. The van der Waals surface area contributed by atoms with Gasteiger partial charge in [-0.1, -0.05) is 30.3 Å². The van der Waals surface area contributed by atoms with Crippen LogP contribution in [-0.2, 0) is 11.3 Å². The lowest BCUT2D eigenvalue weighted by Crippen LogP contribution is -2.41. The van der Waals surface area contributed by atoms with Crippen LogP contribution in [0.5, 0.6) is 16.7 Å². The molecule has 10 nitrogen and oxygen atoms in total. The largest absolute Gasteiger partial charge is 0.496 e. The first-order valence-electron chi connectivity index (χ1n) is 12.7.